The summed E-state index contributed by atoms with van der Waals surface area (Å²) in [5.74, 6) is -1.69. The van der Waals surface area contributed by atoms with Crippen LogP contribution in [-0.4, -0.2) is 31.6 Å². The normalized spacial score (nSPS) is 19.7. The first-order valence-electron chi connectivity index (χ1n) is 6.27. The Morgan fingerprint density at radius 1 is 1.38 bits per heavy atom. The van der Waals surface area contributed by atoms with Crippen molar-refractivity contribution in [1.29, 1.82) is 0 Å². The molecular weight excluding hydrogens is 342 g/mol. The zero-order valence-corrected chi connectivity index (χ0v) is 13.4. The van der Waals surface area contributed by atoms with Gasteiger partial charge in [0.2, 0.25) is 5.91 Å². The molecule has 0 radical (unpaired) electrons. The first-order chi connectivity index (χ1) is 9.86. The van der Waals surface area contributed by atoms with E-state index in [4.69, 9.17) is 4.74 Å². The van der Waals surface area contributed by atoms with E-state index >= 15 is 0 Å². The molecule has 0 saturated heterocycles. The van der Waals surface area contributed by atoms with Crippen LogP contribution in [0, 0.1) is 0 Å². The van der Waals surface area contributed by atoms with Crippen molar-refractivity contribution < 1.29 is 23.9 Å². The van der Waals surface area contributed by atoms with Gasteiger partial charge in [0.25, 0.3) is 0 Å². The lowest BCUT2D eigenvalue weighted by Crippen LogP contribution is -2.41. The summed E-state index contributed by atoms with van der Waals surface area (Å²) >= 11 is 3.25. The number of methoxy groups -OCH3 is 1. The molecule has 0 saturated carbocycles. The average molecular weight is 356 g/mol. The first kappa shape index (κ1) is 15.5. The van der Waals surface area contributed by atoms with Gasteiger partial charge in [-0.3, -0.25) is 9.59 Å². The maximum absolute atomic E-state index is 12.2. The number of carbonyl (C=O) groups is 3. The van der Waals surface area contributed by atoms with Crippen LogP contribution in [0.4, 0.5) is 5.69 Å². The van der Waals surface area contributed by atoms with Crippen LogP contribution in [0.25, 0.3) is 0 Å². The molecule has 1 atom stereocenters. The summed E-state index contributed by atoms with van der Waals surface area (Å²) in [6.45, 7) is 3.30. The van der Waals surface area contributed by atoms with Crippen molar-refractivity contribution in [3.8, 4) is 0 Å². The minimum atomic E-state index is -1.48. The molecule has 1 N–H and O–H groups in total. The fourth-order valence-corrected chi connectivity index (χ4v) is 2.71. The Kier molecular flexibility index (Phi) is 4.04. The Labute approximate surface area is 129 Å². The van der Waals surface area contributed by atoms with Gasteiger partial charge in [0.1, 0.15) is 0 Å². The van der Waals surface area contributed by atoms with E-state index in [0.717, 1.165) is 0 Å². The Bertz CT molecular complexity index is 642. The second-order valence-corrected chi connectivity index (χ2v) is 5.52. The summed E-state index contributed by atoms with van der Waals surface area (Å²) in [5, 5.41) is 2.63. The highest BCUT2D eigenvalue weighted by Crippen LogP contribution is 2.41. The summed E-state index contributed by atoms with van der Waals surface area (Å²) in [4.78, 5) is 36.1. The molecule has 112 valence electrons. The smallest absolute Gasteiger partial charge is 0.339 e. The Hall–Kier alpha value is -1.89. The SMILES string of the molecule is CCOC(=O)C1(C)C(=O)Nc2cc(Br)c(C(=O)OC)cc21. The number of esters is 2. The number of anilines is 1. The van der Waals surface area contributed by atoms with Gasteiger partial charge in [-0.1, -0.05) is 0 Å². The summed E-state index contributed by atoms with van der Waals surface area (Å²) < 4.78 is 10.1. The summed E-state index contributed by atoms with van der Waals surface area (Å²) in [5.41, 5.74) is -0.373. The number of ether oxygens (including phenoxy) is 2. The number of carbonyl (C=O) groups excluding carboxylic acids is 3. The second-order valence-electron chi connectivity index (χ2n) is 4.67. The van der Waals surface area contributed by atoms with E-state index in [1.54, 1.807) is 13.0 Å². The first-order valence-corrected chi connectivity index (χ1v) is 7.06. The van der Waals surface area contributed by atoms with Crippen LogP contribution in [0.2, 0.25) is 0 Å². The highest BCUT2D eigenvalue weighted by Gasteiger charge is 2.51. The molecule has 1 aromatic carbocycles. The van der Waals surface area contributed by atoms with Gasteiger partial charge in [0.15, 0.2) is 5.41 Å². The number of halogens is 1. The van der Waals surface area contributed by atoms with E-state index in [0.29, 0.717) is 15.7 Å². The number of amides is 1. The molecule has 2 rings (SSSR count). The van der Waals surface area contributed by atoms with Crippen LogP contribution in [0.1, 0.15) is 29.8 Å². The molecule has 0 spiro atoms. The summed E-state index contributed by atoms with van der Waals surface area (Å²) in [6.07, 6.45) is 0. The quantitative estimate of drug-likeness (QED) is 0.662. The van der Waals surface area contributed by atoms with E-state index in [1.165, 1.54) is 20.1 Å². The zero-order valence-electron chi connectivity index (χ0n) is 11.8. The minimum absolute atomic E-state index is 0.164. The second kappa shape index (κ2) is 5.48. The van der Waals surface area contributed by atoms with Crippen molar-refractivity contribution in [1.82, 2.24) is 0 Å². The molecule has 1 aliphatic rings. The molecule has 1 heterocycles. The Morgan fingerprint density at radius 3 is 2.62 bits per heavy atom. The molecule has 1 aliphatic heterocycles. The van der Waals surface area contributed by atoms with E-state index in [1.807, 2.05) is 0 Å². The number of nitrogens with one attached hydrogen (secondary N) is 1. The van der Waals surface area contributed by atoms with Crippen molar-refractivity contribution in [3.05, 3.63) is 27.7 Å². The molecule has 0 aromatic heterocycles. The van der Waals surface area contributed by atoms with E-state index in [-0.39, 0.29) is 12.2 Å². The number of hydrogen-bond acceptors (Lipinski definition) is 5. The monoisotopic (exact) mass is 355 g/mol. The molecule has 1 aromatic rings. The number of hydrogen-bond donors (Lipinski definition) is 1. The fourth-order valence-electron chi connectivity index (χ4n) is 2.20. The third-order valence-corrected chi connectivity index (χ3v) is 4.09. The molecule has 21 heavy (non-hydrogen) atoms. The molecule has 0 fully saturated rings. The molecule has 1 amide bonds. The van der Waals surface area contributed by atoms with Crippen molar-refractivity contribution >= 4 is 39.5 Å². The van der Waals surface area contributed by atoms with Gasteiger partial charge >= 0.3 is 11.9 Å². The largest absolute Gasteiger partial charge is 0.465 e. The van der Waals surface area contributed by atoms with Gasteiger partial charge < -0.3 is 14.8 Å². The zero-order chi connectivity index (χ0) is 15.8. The summed E-state index contributed by atoms with van der Waals surface area (Å²) in [7, 11) is 1.26. The van der Waals surface area contributed by atoms with E-state index in [2.05, 4.69) is 26.0 Å². The number of fused-ring (bicyclic) bond motifs is 1. The van der Waals surface area contributed by atoms with Crippen molar-refractivity contribution in [2.75, 3.05) is 19.0 Å². The topological polar surface area (TPSA) is 81.7 Å². The standard InChI is InChI=1S/C14H14BrNO5/c1-4-21-13(19)14(2)8-5-7(11(17)20-3)9(15)6-10(8)16-12(14)18/h5-6H,4H2,1-3H3,(H,16,18). The molecular formula is C14H14BrNO5. The van der Waals surface area contributed by atoms with Gasteiger partial charge in [-0.2, -0.15) is 0 Å². The van der Waals surface area contributed by atoms with Crippen LogP contribution >= 0.6 is 15.9 Å². The average Bonchev–Trinajstić information content (AvgIpc) is 2.69. The Balaban J connectivity index is 2.60. The molecule has 6 nitrogen and oxygen atoms in total. The highest BCUT2D eigenvalue weighted by molar-refractivity contribution is 9.10. The number of benzene rings is 1. The van der Waals surface area contributed by atoms with Crippen LogP contribution in [-0.2, 0) is 24.5 Å². The van der Waals surface area contributed by atoms with Gasteiger partial charge in [0.05, 0.1) is 19.3 Å². The summed E-state index contributed by atoms with van der Waals surface area (Å²) in [6, 6.07) is 3.05. The maximum atomic E-state index is 12.2. The highest BCUT2D eigenvalue weighted by atomic mass is 79.9. The molecule has 0 bridgehead atoms. The molecule has 0 aliphatic carbocycles. The predicted molar refractivity (Wildman–Crippen MR) is 78.1 cm³/mol. The maximum Gasteiger partial charge on any atom is 0.339 e. The lowest BCUT2D eigenvalue weighted by atomic mass is 9.83. The fraction of sp³-hybridized carbons (Fsp3) is 0.357. The molecule has 7 heteroatoms. The lowest BCUT2D eigenvalue weighted by molar-refractivity contribution is -0.152. The molecule has 1 unspecified atom stereocenters. The number of rotatable bonds is 3. The van der Waals surface area contributed by atoms with Crippen molar-refractivity contribution in [2.45, 2.75) is 19.3 Å². The van der Waals surface area contributed by atoms with Gasteiger partial charge in [0, 0.05) is 15.7 Å². The van der Waals surface area contributed by atoms with Crippen LogP contribution in [0.5, 0.6) is 0 Å². The minimum Gasteiger partial charge on any atom is -0.465 e. The van der Waals surface area contributed by atoms with Crippen molar-refractivity contribution in [3.63, 3.8) is 0 Å². The third kappa shape index (κ3) is 2.31. The van der Waals surface area contributed by atoms with Crippen LogP contribution in [0.15, 0.2) is 16.6 Å². The predicted octanol–water partition coefficient (Wildman–Crippen LogP) is 2.01. The van der Waals surface area contributed by atoms with Gasteiger partial charge in [-0.05, 0) is 41.9 Å². The van der Waals surface area contributed by atoms with Crippen molar-refractivity contribution in [2.24, 2.45) is 0 Å². The van der Waals surface area contributed by atoms with Crippen LogP contribution < -0.4 is 5.32 Å². The van der Waals surface area contributed by atoms with Gasteiger partial charge in [-0.25, -0.2) is 4.79 Å². The van der Waals surface area contributed by atoms with E-state index < -0.39 is 23.3 Å². The Morgan fingerprint density at radius 2 is 2.05 bits per heavy atom. The lowest BCUT2D eigenvalue weighted by Gasteiger charge is -2.20. The third-order valence-electron chi connectivity index (χ3n) is 3.44. The van der Waals surface area contributed by atoms with Crippen LogP contribution in [0.3, 0.4) is 0 Å². The van der Waals surface area contributed by atoms with Gasteiger partial charge in [-0.15, -0.1) is 0 Å². The van der Waals surface area contributed by atoms with E-state index in [9.17, 15) is 14.4 Å².